The largest absolute Gasteiger partial charge is 0.261 e. The number of alkyl halides is 3. The van der Waals surface area contributed by atoms with Gasteiger partial charge in [-0.2, -0.15) is 0 Å². The maximum absolute atomic E-state index is 11.8. The first-order valence-electron chi connectivity index (χ1n) is 6.73. The standard InChI is InChI=1S/C13H16Cl4O2SSi/c1-2-21-7-9(14)11(15)12(16)13(21)8-5-3-4-6-10(8)20(17,18)19/h3-6,9,11-13,21H,2,7H2,1H3. The van der Waals surface area contributed by atoms with Crippen molar-refractivity contribution in [3.05, 3.63) is 29.8 Å². The number of hydrogen-bond donors (Lipinski definition) is 0. The minimum absolute atomic E-state index is 0.0427. The summed E-state index contributed by atoms with van der Waals surface area (Å²) in [5, 5.41) is -0.902. The van der Waals surface area contributed by atoms with Crippen molar-refractivity contribution in [2.24, 2.45) is 0 Å². The lowest BCUT2D eigenvalue weighted by Gasteiger charge is -2.40. The third-order valence-electron chi connectivity index (χ3n) is 4.09. The Balaban J connectivity index is 2.53. The maximum Gasteiger partial charge on any atom is 0.261 e. The predicted molar refractivity (Wildman–Crippen MR) is 93.6 cm³/mol. The normalized spacial score (nSPS) is 33.9. The summed E-state index contributed by atoms with van der Waals surface area (Å²) in [7, 11) is 0.391. The molecule has 21 heavy (non-hydrogen) atoms. The van der Waals surface area contributed by atoms with Gasteiger partial charge in [-0.15, -0.1) is 34.8 Å². The molecule has 2 nitrogen and oxygen atoms in total. The molecule has 0 saturated carbocycles. The highest BCUT2D eigenvalue weighted by atomic mass is 35.7. The number of benzene rings is 1. The summed E-state index contributed by atoms with van der Waals surface area (Å²) < 4.78 is 23.6. The lowest BCUT2D eigenvalue weighted by Crippen LogP contribution is -2.46. The van der Waals surface area contributed by atoms with Crippen LogP contribution in [0.15, 0.2) is 29.2 Å². The summed E-state index contributed by atoms with van der Waals surface area (Å²) in [6.45, 7) is 2.10. The topological polar surface area (TPSA) is 34.1 Å². The Morgan fingerprint density at radius 1 is 1.19 bits per heavy atom. The van der Waals surface area contributed by atoms with Crippen LogP contribution >= 0.6 is 45.5 Å². The Hall–Kier alpha value is 0.547. The van der Waals surface area contributed by atoms with Gasteiger partial charge in [0.25, 0.3) is 9.05 Å². The van der Waals surface area contributed by atoms with Crippen LogP contribution in [-0.2, 0) is 9.05 Å². The molecule has 118 valence electrons. The van der Waals surface area contributed by atoms with E-state index in [0.29, 0.717) is 5.56 Å². The van der Waals surface area contributed by atoms with E-state index >= 15 is 0 Å². The molecule has 1 saturated heterocycles. The molecule has 1 heterocycles. The minimum Gasteiger partial charge on any atom is -0.207 e. The number of rotatable bonds is 3. The molecule has 1 aliphatic rings. The van der Waals surface area contributed by atoms with Crippen molar-refractivity contribution in [1.82, 2.24) is 0 Å². The molecule has 0 spiro atoms. The fourth-order valence-electron chi connectivity index (χ4n) is 3.05. The Kier molecular flexibility index (Phi) is 5.94. The zero-order valence-electron chi connectivity index (χ0n) is 11.3. The molecule has 1 aromatic rings. The van der Waals surface area contributed by atoms with E-state index in [4.69, 9.17) is 45.5 Å². The van der Waals surface area contributed by atoms with E-state index in [-0.39, 0.29) is 26.6 Å². The van der Waals surface area contributed by atoms with Gasteiger partial charge in [0.15, 0.2) is 0 Å². The molecular weight excluding hydrogens is 390 g/mol. The molecule has 1 aliphatic heterocycles. The Bertz CT molecular complexity index is 608. The van der Waals surface area contributed by atoms with Crippen LogP contribution in [0.5, 0.6) is 0 Å². The molecular formula is C13H16Cl4O2SSi. The van der Waals surface area contributed by atoms with E-state index in [2.05, 4.69) is 6.92 Å². The van der Waals surface area contributed by atoms with Crippen molar-refractivity contribution in [3.63, 3.8) is 0 Å². The van der Waals surface area contributed by atoms with E-state index in [0.717, 1.165) is 12.1 Å². The molecule has 2 rings (SSSR count). The van der Waals surface area contributed by atoms with E-state index in [1.807, 2.05) is 6.07 Å². The van der Waals surface area contributed by atoms with Crippen molar-refractivity contribution < 1.29 is 8.42 Å². The third kappa shape index (κ3) is 3.73. The summed E-state index contributed by atoms with van der Waals surface area (Å²) >= 11 is 19.2. The fraction of sp³-hybridized carbons (Fsp3) is 0.538. The molecule has 0 radical (unpaired) electrons. The monoisotopic (exact) mass is 404 g/mol. The van der Waals surface area contributed by atoms with Crippen LogP contribution in [0.3, 0.4) is 0 Å². The highest BCUT2D eigenvalue weighted by Gasteiger charge is 2.44. The predicted octanol–water partition coefficient (Wildman–Crippen LogP) is 4.32. The van der Waals surface area contributed by atoms with Crippen molar-refractivity contribution in [3.8, 4) is 0 Å². The summed E-state index contributed by atoms with van der Waals surface area (Å²) in [4.78, 5) is 0.144. The van der Waals surface area contributed by atoms with Crippen LogP contribution in [0, 0.1) is 0 Å². The van der Waals surface area contributed by atoms with Gasteiger partial charge >= 0.3 is 0 Å². The molecule has 5 unspecified atom stereocenters. The Morgan fingerprint density at radius 2 is 1.81 bits per heavy atom. The summed E-state index contributed by atoms with van der Waals surface area (Å²) in [6.07, 6.45) is 0. The van der Waals surface area contributed by atoms with Crippen LogP contribution in [0.4, 0.5) is 0 Å². The van der Waals surface area contributed by atoms with Gasteiger partial charge in [0, 0.05) is 24.9 Å². The fourth-order valence-corrected chi connectivity index (χ4v) is 10.3. The summed E-state index contributed by atoms with van der Waals surface area (Å²) in [6, 6.07) is 8.62. The van der Waals surface area contributed by atoms with Gasteiger partial charge in [-0.05, 0) is 23.2 Å². The first-order valence-corrected chi connectivity index (χ1v) is 12.6. The second-order valence-corrected chi connectivity index (χ2v) is 12.9. The molecule has 1 aromatic carbocycles. The van der Waals surface area contributed by atoms with Crippen LogP contribution < -0.4 is 0 Å². The molecule has 8 heteroatoms. The number of hydrogen-bond acceptors (Lipinski definition) is 2. The maximum atomic E-state index is 11.8. The van der Waals surface area contributed by atoms with Crippen molar-refractivity contribution in [2.75, 3.05) is 0 Å². The molecule has 0 bridgehead atoms. The average Bonchev–Trinajstić information content (AvgIpc) is 2.43. The van der Waals surface area contributed by atoms with Crippen molar-refractivity contribution >= 4 is 63.3 Å². The van der Waals surface area contributed by atoms with E-state index < -0.39 is 17.8 Å². The van der Waals surface area contributed by atoms with E-state index in [1.165, 1.54) is 6.07 Å². The average molecular weight is 406 g/mol. The van der Waals surface area contributed by atoms with Gasteiger partial charge in [0.2, 0.25) is 0 Å². The van der Waals surface area contributed by atoms with Gasteiger partial charge in [-0.3, -0.25) is 0 Å². The molecule has 0 aliphatic carbocycles. The van der Waals surface area contributed by atoms with Gasteiger partial charge in [0.1, 0.15) is 0 Å². The smallest absolute Gasteiger partial charge is 0.207 e. The lowest BCUT2D eigenvalue weighted by molar-refractivity contribution is 0.605. The van der Waals surface area contributed by atoms with Crippen LogP contribution in [0.1, 0.15) is 18.0 Å². The van der Waals surface area contributed by atoms with E-state index in [9.17, 15) is 8.42 Å². The molecule has 1 fully saturated rings. The van der Waals surface area contributed by atoms with Crippen molar-refractivity contribution in [2.45, 2.75) is 45.6 Å². The quantitative estimate of drug-likeness (QED) is 0.426. The zero-order valence-corrected chi connectivity index (χ0v) is 16.3. The zero-order chi connectivity index (χ0) is 15.8. The SMILES string of the molecule is CC[SiH]1CC(Cl)C(Cl)C(Cl)C1c1ccccc1S(=O)(=O)Cl. The van der Waals surface area contributed by atoms with E-state index in [1.54, 1.807) is 12.1 Å². The van der Waals surface area contributed by atoms with Gasteiger partial charge < -0.3 is 0 Å². The van der Waals surface area contributed by atoms with Gasteiger partial charge in [-0.25, -0.2) is 8.42 Å². The van der Waals surface area contributed by atoms with Gasteiger partial charge in [-0.1, -0.05) is 31.2 Å². The Morgan fingerprint density at radius 3 is 2.38 bits per heavy atom. The first kappa shape index (κ1) is 17.9. The van der Waals surface area contributed by atoms with Crippen LogP contribution in [0.2, 0.25) is 12.1 Å². The minimum atomic E-state index is -3.81. The molecule has 0 aromatic heterocycles. The second kappa shape index (κ2) is 6.98. The summed E-state index contributed by atoms with van der Waals surface area (Å²) in [5.41, 5.74) is 0.652. The third-order valence-corrected chi connectivity index (χ3v) is 11.8. The highest BCUT2D eigenvalue weighted by Crippen LogP contribution is 2.44. The second-order valence-electron chi connectivity index (χ2n) is 5.31. The van der Waals surface area contributed by atoms with Crippen LogP contribution in [0.25, 0.3) is 0 Å². The highest BCUT2D eigenvalue weighted by molar-refractivity contribution is 8.13. The van der Waals surface area contributed by atoms with Crippen LogP contribution in [-0.4, -0.2) is 33.3 Å². The molecule has 5 atom stereocenters. The van der Waals surface area contributed by atoms with Crippen molar-refractivity contribution in [1.29, 1.82) is 0 Å². The first-order chi connectivity index (χ1) is 9.77. The lowest BCUT2D eigenvalue weighted by atomic mass is 10.0. The van der Waals surface area contributed by atoms with Gasteiger partial charge in [0.05, 0.1) is 15.6 Å². The number of halogens is 4. The Labute approximate surface area is 146 Å². The molecule has 0 N–H and O–H groups in total. The summed E-state index contributed by atoms with van der Waals surface area (Å²) in [5.74, 6) is 0. The molecule has 0 amide bonds.